The van der Waals surface area contributed by atoms with Gasteiger partial charge >= 0.3 is 5.69 Å². The van der Waals surface area contributed by atoms with Gasteiger partial charge in [0, 0.05) is 35.1 Å². The quantitative estimate of drug-likeness (QED) is 0.614. The number of thioether (sulfide) groups is 1. The second-order valence-corrected chi connectivity index (χ2v) is 8.95. The maximum absolute atomic E-state index is 12.9. The van der Waals surface area contributed by atoms with Gasteiger partial charge in [-0.25, -0.2) is 4.79 Å². The molecule has 2 heterocycles. The van der Waals surface area contributed by atoms with Gasteiger partial charge in [0.2, 0.25) is 5.88 Å². The number of fused-ring (bicyclic) bond motifs is 1. The van der Waals surface area contributed by atoms with Gasteiger partial charge in [-0.05, 0) is 29.8 Å². The van der Waals surface area contributed by atoms with Crippen LogP contribution in [0.2, 0.25) is 0 Å². The van der Waals surface area contributed by atoms with Gasteiger partial charge in [0.15, 0.2) is 0 Å². The summed E-state index contributed by atoms with van der Waals surface area (Å²) >= 11 is 5.13. The summed E-state index contributed by atoms with van der Waals surface area (Å²) in [5.41, 5.74) is 1.22. The summed E-state index contributed by atoms with van der Waals surface area (Å²) in [6.45, 7) is 0. The molecule has 1 aromatic heterocycles. The van der Waals surface area contributed by atoms with Crippen LogP contribution in [-0.4, -0.2) is 20.0 Å². The monoisotopic (exact) mass is 471 g/mol. The van der Waals surface area contributed by atoms with Crippen LogP contribution in [0.15, 0.2) is 72.5 Å². The molecule has 1 aliphatic heterocycles. The van der Waals surface area contributed by atoms with Crippen LogP contribution in [-0.2, 0) is 14.1 Å². The van der Waals surface area contributed by atoms with E-state index in [2.05, 4.69) is 15.9 Å². The first-order chi connectivity index (χ1) is 13.9. The number of aliphatic imine (C=N–C) groups is 1. The molecule has 0 radical (unpaired) electrons. The standard InChI is InChI=1S/C21H18BrN3O3S/c1-24-19(26)18(20(27)25(2)21(24)28)15-11-17(12-7-9-13(22)10-8-12)29-16-6-4-3-5-14(16)23-15/h3-10,17,26H,11H2,1-2H3/t17-/m1/s1. The van der Waals surface area contributed by atoms with Crippen molar-refractivity contribution in [3.05, 3.63) is 85.0 Å². The molecular formula is C21H18BrN3O3S. The highest BCUT2D eigenvalue weighted by molar-refractivity contribution is 9.10. The Balaban J connectivity index is 1.93. The van der Waals surface area contributed by atoms with Gasteiger partial charge in [-0.2, -0.15) is 0 Å². The zero-order valence-electron chi connectivity index (χ0n) is 15.8. The van der Waals surface area contributed by atoms with Crippen molar-refractivity contribution < 1.29 is 5.11 Å². The Labute approximate surface area is 179 Å². The molecule has 8 heteroatoms. The molecule has 0 fully saturated rings. The number of benzene rings is 2. The summed E-state index contributed by atoms with van der Waals surface area (Å²) in [6, 6.07) is 15.7. The second-order valence-electron chi connectivity index (χ2n) is 6.79. The Kier molecular flexibility index (Phi) is 5.23. The topological polar surface area (TPSA) is 76.6 Å². The van der Waals surface area contributed by atoms with Crippen molar-refractivity contribution in [2.24, 2.45) is 19.1 Å². The average Bonchev–Trinajstić information content (AvgIpc) is 2.91. The van der Waals surface area contributed by atoms with Crippen LogP contribution in [0.1, 0.15) is 22.8 Å². The molecule has 6 nitrogen and oxygen atoms in total. The lowest BCUT2D eigenvalue weighted by atomic mass is 10.0. The Morgan fingerprint density at radius 1 is 1.07 bits per heavy atom. The van der Waals surface area contributed by atoms with Crippen molar-refractivity contribution in [3.8, 4) is 5.88 Å². The summed E-state index contributed by atoms with van der Waals surface area (Å²) in [6.07, 6.45) is 0.433. The smallest absolute Gasteiger partial charge is 0.333 e. The van der Waals surface area contributed by atoms with Crippen LogP contribution < -0.4 is 11.2 Å². The van der Waals surface area contributed by atoms with Gasteiger partial charge in [0.25, 0.3) is 5.56 Å². The number of aromatic nitrogens is 2. The summed E-state index contributed by atoms with van der Waals surface area (Å²) in [5, 5.41) is 10.6. The number of halogens is 1. The Bertz CT molecular complexity index is 1250. The minimum absolute atomic E-state index is 0.00756. The molecule has 2 aromatic carbocycles. The normalized spacial score (nSPS) is 16.1. The molecule has 0 bridgehead atoms. The van der Waals surface area contributed by atoms with E-state index >= 15 is 0 Å². The maximum Gasteiger partial charge on any atom is 0.333 e. The summed E-state index contributed by atoms with van der Waals surface area (Å²) < 4.78 is 3.05. The molecule has 1 atom stereocenters. The van der Waals surface area contributed by atoms with Crippen molar-refractivity contribution in [2.75, 3.05) is 0 Å². The van der Waals surface area contributed by atoms with Crippen LogP contribution in [0.3, 0.4) is 0 Å². The van der Waals surface area contributed by atoms with Crippen molar-refractivity contribution in [2.45, 2.75) is 16.6 Å². The molecule has 0 saturated carbocycles. The van der Waals surface area contributed by atoms with E-state index < -0.39 is 11.2 Å². The van der Waals surface area contributed by atoms with E-state index in [-0.39, 0.29) is 16.7 Å². The molecule has 0 aliphatic carbocycles. The third kappa shape index (κ3) is 3.58. The minimum Gasteiger partial charge on any atom is -0.494 e. The summed E-state index contributed by atoms with van der Waals surface area (Å²) in [5.74, 6) is -0.365. The first-order valence-corrected chi connectivity index (χ1v) is 10.6. The lowest BCUT2D eigenvalue weighted by Crippen LogP contribution is -2.40. The average molecular weight is 472 g/mol. The van der Waals surface area contributed by atoms with Crippen molar-refractivity contribution >= 4 is 39.1 Å². The third-order valence-corrected chi connectivity index (χ3v) is 6.78. The molecular weight excluding hydrogens is 454 g/mol. The van der Waals surface area contributed by atoms with Crippen molar-refractivity contribution in [1.29, 1.82) is 0 Å². The molecule has 1 N–H and O–H groups in total. The largest absolute Gasteiger partial charge is 0.494 e. The molecule has 0 spiro atoms. The van der Waals surface area contributed by atoms with Crippen LogP contribution in [0.4, 0.5) is 5.69 Å². The highest BCUT2D eigenvalue weighted by Gasteiger charge is 2.27. The van der Waals surface area contributed by atoms with Gasteiger partial charge in [0.1, 0.15) is 5.56 Å². The van der Waals surface area contributed by atoms with E-state index in [1.807, 2.05) is 48.5 Å². The molecule has 3 aromatic rings. The molecule has 0 saturated heterocycles. The van der Waals surface area contributed by atoms with Crippen LogP contribution in [0.25, 0.3) is 0 Å². The fourth-order valence-electron chi connectivity index (χ4n) is 3.32. The fraction of sp³-hybridized carbons (Fsp3) is 0.190. The Morgan fingerprint density at radius 2 is 1.76 bits per heavy atom. The van der Waals surface area contributed by atoms with E-state index in [9.17, 15) is 14.7 Å². The highest BCUT2D eigenvalue weighted by atomic mass is 79.9. The maximum atomic E-state index is 12.9. The van der Waals surface area contributed by atoms with E-state index in [1.54, 1.807) is 11.8 Å². The fourth-order valence-corrected chi connectivity index (χ4v) is 4.81. The van der Waals surface area contributed by atoms with Crippen LogP contribution in [0.5, 0.6) is 5.88 Å². The zero-order valence-corrected chi connectivity index (χ0v) is 18.2. The molecule has 29 heavy (non-hydrogen) atoms. The van der Waals surface area contributed by atoms with Gasteiger partial charge in [-0.3, -0.25) is 18.9 Å². The minimum atomic E-state index is -0.579. The number of hydrogen-bond acceptors (Lipinski definition) is 5. The second kappa shape index (κ2) is 7.68. The predicted octanol–water partition coefficient (Wildman–Crippen LogP) is 3.91. The van der Waals surface area contributed by atoms with E-state index in [0.29, 0.717) is 12.1 Å². The van der Waals surface area contributed by atoms with Crippen molar-refractivity contribution in [3.63, 3.8) is 0 Å². The lowest BCUT2D eigenvalue weighted by Gasteiger charge is -2.17. The third-order valence-electron chi connectivity index (χ3n) is 4.93. The Hall–Kier alpha value is -2.58. The molecule has 0 unspecified atom stereocenters. The number of para-hydroxylation sites is 1. The first kappa shape index (κ1) is 19.7. The van der Waals surface area contributed by atoms with Crippen LogP contribution in [0, 0.1) is 0 Å². The number of hydrogen-bond donors (Lipinski definition) is 1. The van der Waals surface area contributed by atoms with Crippen molar-refractivity contribution in [1.82, 2.24) is 9.13 Å². The van der Waals surface area contributed by atoms with E-state index in [4.69, 9.17) is 4.99 Å². The van der Waals surface area contributed by atoms with Gasteiger partial charge in [0.05, 0.1) is 11.4 Å². The SMILES string of the molecule is Cn1c(O)c(C2=Nc3ccccc3S[C@@H](c3ccc(Br)cc3)C2)c(=O)n(C)c1=O. The van der Waals surface area contributed by atoms with E-state index in [0.717, 1.165) is 29.8 Å². The zero-order chi connectivity index (χ0) is 20.7. The van der Waals surface area contributed by atoms with Gasteiger partial charge in [-0.1, -0.05) is 40.2 Å². The number of aromatic hydroxyl groups is 1. The number of nitrogens with zero attached hydrogens (tertiary/aromatic N) is 3. The molecule has 1 aliphatic rings. The van der Waals surface area contributed by atoms with Crippen LogP contribution >= 0.6 is 27.7 Å². The summed E-state index contributed by atoms with van der Waals surface area (Å²) in [7, 11) is 2.84. The molecule has 148 valence electrons. The first-order valence-electron chi connectivity index (χ1n) is 8.95. The molecule has 0 amide bonds. The van der Waals surface area contributed by atoms with Gasteiger partial charge < -0.3 is 5.11 Å². The molecule has 4 rings (SSSR count). The highest BCUT2D eigenvalue weighted by Crippen LogP contribution is 2.45. The number of rotatable bonds is 2. The summed E-state index contributed by atoms with van der Waals surface area (Å²) in [4.78, 5) is 30.7. The Morgan fingerprint density at radius 3 is 2.48 bits per heavy atom. The lowest BCUT2D eigenvalue weighted by molar-refractivity contribution is 0.410. The van der Waals surface area contributed by atoms with Gasteiger partial charge in [-0.15, -0.1) is 11.8 Å². The predicted molar refractivity (Wildman–Crippen MR) is 119 cm³/mol. The van der Waals surface area contributed by atoms with E-state index in [1.165, 1.54) is 14.1 Å².